The average Bonchev–Trinajstić information content (AvgIpc) is 2.60. The van der Waals surface area contributed by atoms with Crippen molar-refractivity contribution in [3.8, 4) is 0 Å². The van der Waals surface area contributed by atoms with Gasteiger partial charge in [0.1, 0.15) is 0 Å². The van der Waals surface area contributed by atoms with E-state index in [9.17, 15) is 0 Å². The van der Waals surface area contributed by atoms with Crippen LogP contribution in [-0.4, -0.2) is 15.4 Å². The maximum atomic E-state index is 4.04. The van der Waals surface area contributed by atoms with Gasteiger partial charge >= 0.3 is 0 Å². The van der Waals surface area contributed by atoms with Crippen LogP contribution in [0.25, 0.3) is 0 Å². The lowest BCUT2D eigenvalue weighted by atomic mass is 10.0. The fourth-order valence-corrected chi connectivity index (χ4v) is 1.83. The largest absolute Gasteiger partial charge is 0.198 e. The van der Waals surface area contributed by atoms with Crippen LogP contribution in [0, 0.1) is 5.92 Å². The van der Waals surface area contributed by atoms with Crippen molar-refractivity contribution in [3.05, 3.63) is 11.9 Å². The van der Waals surface area contributed by atoms with Gasteiger partial charge in [-0.05, 0) is 12.3 Å². The minimum absolute atomic E-state index is 0.875. The maximum Gasteiger partial charge on any atom is 0.0827 e. The van der Waals surface area contributed by atoms with E-state index in [0.29, 0.717) is 0 Å². The van der Waals surface area contributed by atoms with Crippen LogP contribution >= 0.6 is 0 Å². The van der Waals surface area contributed by atoms with Crippen molar-refractivity contribution in [2.24, 2.45) is 5.92 Å². The van der Waals surface area contributed by atoms with Crippen LogP contribution in [0.2, 0.25) is 0 Å². The Balaban J connectivity index is 1.90. The van der Waals surface area contributed by atoms with Crippen molar-refractivity contribution in [3.63, 3.8) is 0 Å². The summed E-state index contributed by atoms with van der Waals surface area (Å²) in [5.74, 6) is 0.875. The van der Waals surface area contributed by atoms with Crippen LogP contribution in [-0.2, 0) is 6.42 Å². The van der Waals surface area contributed by atoms with Crippen molar-refractivity contribution >= 4 is 0 Å². The molecule has 1 aliphatic rings. The van der Waals surface area contributed by atoms with Gasteiger partial charge in [0.15, 0.2) is 0 Å². The molecule has 1 saturated carbocycles. The number of aromatic amines is 1. The predicted molar refractivity (Wildman–Crippen MR) is 42.0 cm³/mol. The van der Waals surface area contributed by atoms with Crippen LogP contribution in [0.5, 0.6) is 0 Å². The minimum Gasteiger partial charge on any atom is -0.198 e. The summed E-state index contributed by atoms with van der Waals surface area (Å²) in [5.41, 5.74) is 1.12. The van der Waals surface area contributed by atoms with Gasteiger partial charge in [0.25, 0.3) is 0 Å². The number of hydrogen-bond donors (Lipinski definition) is 1. The summed E-state index contributed by atoms with van der Waals surface area (Å²) in [4.78, 5) is 0. The van der Waals surface area contributed by atoms with Crippen molar-refractivity contribution in [2.75, 3.05) is 0 Å². The molecule has 0 spiro atoms. The first-order valence-electron chi connectivity index (χ1n) is 4.30. The molecule has 0 unspecified atom stereocenters. The Labute approximate surface area is 66.2 Å². The lowest BCUT2D eigenvalue weighted by Crippen LogP contribution is -1.98. The van der Waals surface area contributed by atoms with Crippen molar-refractivity contribution < 1.29 is 0 Å². The lowest BCUT2D eigenvalue weighted by molar-refractivity contribution is 0.538. The van der Waals surface area contributed by atoms with Crippen LogP contribution in [0.3, 0.4) is 0 Å². The third-order valence-electron chi connectivity index (χ3n) is 2.44. The molecule has 0 amide bonds. The zero-order valence-corrected chi connectivity index (χ0v) is 6.58. The highest BCUT2D eigenvalue weighted by atomic mass is 15.3. The standard InChI is InChI=1S/C8H13N3/c1-2-4-7(3-1)5-8-6-9-11-10-8/h6-7H,1-5H2,(H,9,10,11). The van der Waals surface area contributed by atoms with Crippen LogP contribution in [0.1, 0.15) is 31.4 Å². The van der Waals surface area contributed by atoms with Gasteiger partial charge in [0, 0.05) is 0 Å². The Hall–Kier alpha value is -0.860. The quantitative estimate of drug-likeness (QED) is 0.696. The average molecular weight is 151 g/mol. The van der Waals surface area contributed by atoms with Gasteiger partial charge in [0.2, 0.25) is 0 Å². The Kier molecular flexibility index (Phi) is 1.88. The summed E-state index contributed by atoms with van der Waals surface area (Å²) in [6.45, 7) is 0. The van der Waals surface area contributed by atoms with Gasteiger partial charge in [-0.25, -0.2) is 0 Å². The molecule has 3 nitrogen and oxygen atoms in total. The van der Waals surface area contributed by atoms with E-state index in [1.165, 1.54) is 25.7 Å². The maximum absolute atomic E-state index is 4.04. The summed E-state index contributed by atoms with van der Waals surface area (Å²) in [6.07, 6.45) is 8.53. The smallest absolute Gasteiger partial charge is 0.0827 e. The highest BCUT2D eigenvalue weighted by molar-refractivity contribution is 4.93. The second-order valence-corrected chi connectivity index (χ2v) is 3.32. The van der Waals surface area contributed by atoms with Gasteiger partial charge in [-0.3, -0.25) is 0 Å². The third-order valence-corrected chi connectivity index (χ3v) is 2.44. The fourth-order valence-electron chi connectivity index (χ4n) is 1.83. The van der Waals surface area contributed by atoms with E-state index in [4.69, 9.17) is 0 Å². The van der Waals surface area contributed by atoms with Gasteiger partial charge in [0.05, 0.1) is 11.9 Å². The third kappa shape index (κ3) is 1.59. The summed E-state index contributed by atoms with van der Waals surface area (Å²) in [7, 11) is 0. The van der Waals surface area contributed by atoms with E-state index in [-0.39, 0.29) is 0 Å². The molecule has 0 aromatic carbocycles. The molecule has 1 aliphatic carbocycles. The topological polar surface area (TPSA) is 41.6 Å². The number of nitrogens with zero attached hydrogens (tertiary/aromatic N) is 2. The van der Waals surface area contributed by atoms with Gasteiger partial charge in [-0.15, -0.1) is 0 Å². The van der Waals surface area contributed by atoms with E-state index < -0.39 is 0 Å². The Morgan fingerprint density at radius 2 is 2.27 bits per heavy atom. The Morgan fingerprint density at radius 3 is 2.91 bits per heavy atom. The molecule has 60 valence electrons. The second kappa shape index (κ2) is 3.03. The molecule has 1 fully saturated rings. The van der Waals surface area contributed by atoms with E-state index in [1.807, 2.05) is 6.20 Å². The van der Waals surface area contributed by atoms with E-state index >= 15 is 0 Å². The summed E-state index contributed by atoms with van der Waals surface area (Å²) >= 11 is 0. The fraction of sp³-hybridized carbons (Fsp3) is 0.750. The highest BCUT2D eigenvalue weighted by Gasteiger charge is 2.15. The molecule has 1 aromatic heterocycles. The monoisotopic (exact) mass is 151 g/mol. The van der Waals surface area contributed by atoms with Crippen molar-refractivity contribution in [2.45, 2.75) is 32.1 Å². The summed E-state index contributed by atoms with van der Waals surface area (Å²) < 4.78 is 0. The number of nitrogens with one attached hydrogen (secondary N) is 1. The van der Waals surface area contributed by atoms with Crippen molar-refractivity contribution in [1.29, 1.82) is 0 Å². The minimum atomic E-state index is 0.875. The number of aromatic nitrogens is 3. The van der Waals surface area contributed by atoms with E-state index in [1.54, 1.807) is 0 Å². The Morgan fingerprint density at radius 1 is 1.45 bits per heavy atom. The highest BCUT2D eigenvalue weighted by Crippen LogP contribution is 2.26. The number of rotatable bonds is 2. The molecule has 1 N–H and O–H groups in total. The normalized spacial score (nSPS) is 19.3. The van der Waals surface area contributed by atoms with Crippen LogP contribution in [0.4, 0.5) is 0 Å². The first kappa shape index (κ1) is 6.83. The SMILES string of the molecule is c1n[nH]nc1CC1CCCC1. The number of hydrogen-bond acceptors (Lipinski definition) is 2. The molecule has 0 atom stereocenters. The van der Waals surface area contributed by atoms with E-state index in [2.05, 4.69) is 15.4 Å². The zero-order valence-electron chi connectivity index (χ0n) is 6.58. The first-order chi connectivity index (χ1) is 5.45. The molecular weight excluding hydrogens is 138 g/mol. The van der Waals surface area contributed by atoms with Gasteiger partial charge < -0.3 is 0 Å². The molecule has 0 saturated heterocycles. The van der Waals surface area contributed by atoms with Gasteiger partial charge in [-0.2, -0.15) is 15.4 Å². The number of H-pyrrole nitrogens is 1. The molecule has 1 heterocycles. The Bertz CT molecular complexity index is 199. The molecule has 3 heteroatoms. The zero-order chi connectivity index (χ0) is 7.52. The molecule has 0 bridgehead atoms. The van der Waals surface area contributed by atoms with E-state index in [0.717, 1.165) is 18.0 Å². The molecular formula is C8H13N3. The molecule has 0 radical (unpaired) electrons. The summed E-state index contributed by atoms with van der Waals surface area (Å²) in [5, 5.41) is 10.5. The lowest BCUT2D eigenvalue weighted by Gasteiger charge is -2.03. The van der Waals surface area contributed by atoms with Crippen molar-refractivity contribution in [1.82, 2.24) is 15.4 Å². The first-order valence-corrected chi connectivity index (χ1v) is 4.30. The van der Waals surface area contributed by atoms with Gasteiger partial charge in [-0.1, -0.05) is 25.7 Å². The molecule has 11 heavy (non-hydrogen) atoms. The van der Waals surface area contributed by atoms with Crippen LogP contribution < -0.4 is 0 Å². The molecule has 0 aliphatic heterocycles. The second-order valence-electron chi connectivity index (χ2n) is 3.32. The predicted octanol–water partition coefficient (Wildman–Crippen LogP) is 1.54. The molecule has 2 rings (SSSR count). The molecule has 1 aromatic rings. The summed E-state index contributed by atoms with van der Waals surface area (Å²) in [6, 6.07) is 0. The van der Waals surface area contributed by atoms with Crippen LogP contribution in [0.15, 0.2) is 6.20 Å².